The van der Waals surface area contributed by atoms with Crippen LogP contribution < -0.4 is 4.74 Å². The molecule has 106 valence electrons. The van der Waals surface area contributed by atoms with Gasteiger partial charge >= 0.3 is 0 Å². The minimum absolute atomic E-state index is 0.0425. The van der Waals surface area contributed by atoms with E-state index in [0.717, 1.165) is 19.5 Å². The first-order chi connectivity index (χ1) is 9.60. The lowest BCUT2D eigenvalue weighted by Crippen LogP contribution is -2.45. The molecule has 0 unspecified atom stereocenters. The molecular weight excluding hydrogens is 252 g/mol. The van der Waals surface area contributed by atoms with Crippen molar-refractivity contribution in [2.24, 2.45) is 5.92 Å². The van der Waals surface area contributed by atoms with Gasteiger partial charge < -0.3 is 9.64 Å². The maximum absolute atomic E-state index is 12.3. The lowest BCUT2D eigenvalue weighted by molar-refractivity contribution is -0.139. The predicted molar refractivity (Wildman–Crippen MR) is 76.2 cm³/mol. The molecule has 1 amide bonds. The summed E-state index contributed by atoms with van der Waals surface area (Å²) >= 11 is 0. The molecule has 1 fully saturated rings. The van der Waals surface area contributed by atoms with E-state index in [9.17, 15) is 4.79 Å². The van der Waals surface area contributed by atoms with Crippen LogP contribution in [0.25, 0.3) is 0 Å². The van der Waals surface area contributed by atoms with Gasteiger partial charge in [0, 0.05) is 13.1 Å². The van der Waals surface area contributed by atoms with Crippen molar-refractivity contribution in [3.8, 4) is 11.8 Å². The van der Waals surface area contributed by atoms with Crippen molar-refractivity contribution in [1.82, 2.24) is 4.90 Å². The van der Waals surface area contributed by atoms with Gasteiger partial charge in [0.2, 0.25) is 0 Å². The summed E-state index contributed by atoms with van der Waals surface area (Å²) in [6, 6.07) is 8.88. The molecule has 2 rings (SSSR count). The van der Waals surface area contributed by atoms with Crippen molar-refractivity contribution >= 4 is 5.91 Å². The van der Waals surface area contributed by atoms with Gasteiger partial charge in [-0.05, 0) is 49.9 Å². The van der Waals surface area contributed by atoms with Gasteiger partial charge in [0.15, 0.2) is 6.10 Å². The van der Waals surface area contributed by atoms with Crippen LogP contribution in [0.1, 0.15) is 32.3 Å². The van der Waals surface area contributed by atoms with E-state index in [1.54, 1.807) is 31.2 Å². The number of ether oxygens (including phenoxy) is 1. The van der Waals surface area contributed by atoms with Crippen LogP contribution in [0.4, 0.5) is 0 Å². The molecule has 0 spiro atoms. The average Bonchev–Trinajstić information content (AvgIpc) is 2.47. The maximum Gasteiger partial charge on any atom is 0.263 e. The Morgan fingerprint density at radius 2 is 2.15 bits per heavy atom. The Labute approximate surface area is 120 Å². The van der Waals surface area contributed by atoms with Gasteiger partial charge in [0.25, 0.3) is 5.91 Å². The number of nitrogens with zero attached hydrogens (tertiary/aromatic N) is 2. The molecule has 2 atom stereocenters. The molecule has 0 N–H and O–H groups in total. The summed E-state index contributed by atoms with van der Waals surface area (Å²) in [5.74, 6) is 1.23. The van der Waals surface area contributed by atoms with Gasteiger partial charge in [-0.2, -0.15) is 5.26 Å². The van der Waals surface area contributed by atoms with Gasteiger partial charge in [-0.25, -0.2) is 0 Å². The van der Waals surface area contributed by atoms with Crippen molar-refractivity contribution in [3.63, 3.8) is 0 Å². The molecule has 0 aromatic heterocycles. The summed E-state index contributed by atoms with van der Waals surface area (Å²) in [5.41, 5.74) is 0.584. The summed E-state index contributed by atoms with van der Waals surface area (Å²) in [4.78, 5) is 14.2. The number of nitriles is 1. The summed E-state index contributed by atoms with van der Waals surface area (Å²) < 4.78 is 5.66. The second-order valence-corrected chi connectivity index (χ2v) is 5.43. The lowest BCUT2D eigenvalue weighted by Gasteiger charge is -2.32. The van der Waals surface area contributed by atoms with Crippen molar-refractivity contribution < 1.29 is 9.53 Å². The molecule has 1 heterocycles. The van der Waals surface area contributed by atoms with Crippen LogP contribution in [0.2, 0.25) is 0 Å². The zero-order chi connectivity index (χ0) is 14.5. The fourth-order valence-electron chi connectivity index (χ4n) is 2.51. The Morgan fingerprint density at radius 3 is 2.75 bits per heavy atom. The Hall–Kier alpha value is -2.02. The maximum atomic E-state index is 12.3. The lowest BCUT2D eigenvalue weighted by atomic mass is 10.00. The first kappa shape index (κ1) is 14.4. The standard InChI is InChI=1S/C16H20N2O2/c1-12-4-3-9-18(11-12)16(19)13(2)20-15-7-5-14(10-17)6-8-15/h5-8,12-13H,3-4,9,11H2,1-2H3/t12-,13+/m0/s1. The van der Waals surface area contributed by atoms with E-state index in [0.29, 0.717) is 17.2 Å². The van der Waals surface area contributed by atoms with Crippen molar-refractivity contribution in [1.29, 1.82) is 5.26 Å². The van der Waals surface area contributed by atoms with Crippen LogP contribution in [-0.4, -0.2) is 30.0 Å². The van der Waals surface area contributed by atoms with E-state index in [2.05, 4.69) is 13.0 Å². The quantitative estimate of drug-likeness (QED) is 0.849. The Bertz CT molecular complexity index is 504. The molecule has 0 radical (unpaired) electrons. The second-order valence-electron chi connectivity index (χ2n) is 5.43. The first-order valence-corrected chi connectivity index (χ1v) is 7.05. The minimum atomic E-state index is -0.492. The number of carbonyl (C=O) groups excluding carboxylic acids is 1. The van der Waals surface area contributed by atoms with Crippen LogP contribution in [0.5, 0.6) is 5.75 Å². The Morgan fingerprint density at radius 1 is 1.45 bits per heavy atom. The molecule has 0 aliphatic carbocycles. The smallest absolute Gasteiger partial charge is 0.263 e. The predicted octanol–water partition coefficient (Wildman–Crippen LogP) is 2.58. The molecule has 0 bridgehead atoms. The number of hydrogen-bond acceptors (Lipinski definition) is 3. The topological polar surface area (TPSA) is 53.3 Å². The molecule has 4 nitrogen and oxygen atoms in total. The van der Waals surface area contributed by atoms with E-state index in [1.165, 1.54) is 6.42 Å². The number of benzene rings is 1. The molecule has 1 aromatic rings. The number of piperidine rings is 1. The van der Waals surface area contributed by atoms with Crippen molar-refractivity contribution in [2.75, 3.05) is 13.1 Å². The fraction of sp³-hybridized carbons (Fsp3) is 0.500. The molecule has 1 saturated heterocycles. The third-order valence-corrected chi connectivity index (χ3v) is 3.61. The van der Waals surface area contributed by atoms with Gasteiger partial charge in [0.05, 0.1) is 11.6 Å². The largest absolute Gasteiger partial charge is 0.481 e. The Balaban J connectivity index is 1.94. The van der Waals surface area contributed by atoms with Crippen LogP contribution in [0.15, 0.2) is 24.3 Å². The highest BCUT2D eigenvalue weighted by Gasteiger charge is 2.25. The van der Waals surface area contributed by atoms with Crippen LogP contribution in [0, 0.1) is 17.2 Å². The number of rotatable bonds is 3. The van der Waals surface area contributed by atoms with Gasteiger partial charge in [-0.15, -0.1) is 0 Å². The Kier molecular flexibility index (Phi) is 4.62. The summed E-state index contributed by atoms with van der Waals surface area (Å²) in [7, 11) is 0. The molecule has 0 saturated carbocycles. The molecule has 1 aliphatic rings. The van der Waals surface area contributed by atoms with Crippen LogP contribution >= 0.6 is 0 Å². The van der Waals surface area contributed by atoms with Gasteiger partial charge in [-0.3, -0.25) is 4.79 Å². The molecule has 4 heteroatoms. The highest BCUT2D eigenvalue weighted by atomic mass is 16.5. The third-order valence-electron chi connectivity index (χ3n) is 3.61. The van der Waals surface area contributed by atoms with Crippen LogP contribution in [-0.2, 0) is 4.79 Å². The van der Waals surface area contributed by atoms with Crippen LogP contribution in [0.3, 0.4) is 0 Å². The fourth-order valence-corrected chi connectivity index (χ4v) is 2.51. The van der Waals surface area contributed by atoms with E-state index in [4.69, 9.17) is 10.00 Å². The normalized spacial score (nSPS) is 20.1. The summed E-state index contributed by atoms with van der Waals surface area (Å²) in [5, 5.41) is 8.74. The first-order valence-electron chi connectivity index (χ1n) is 7.05. The van der Waals surface area contributed by atoms with E-state index in [-0.39, 0.29) is 5.91 Å². The number of amides is 1. The minimum Gasteiger partial charge on any atom is -0.481 e. The average molecular weight is 272 g/mol. The molecule has 20 heavy (non-hydrogen) atoms. The highest BCUT2D eigenvalue weighted by Crippen LogP contribution is 2.18. The molecule has 1 aliphatic heterocycles. The summed E-state index contributed by atoms with van der Waals surface area (Å²) in [6.45, 7) is 5.59. The van der Waals surface area contributed by atoms with Gasteiger partial charge in [0.1, 0.15) is 5.75 Å². The van der Waals surface area contributed by atoms with E-state index < -0.39 is 6.10 Å². The molecule has 1 aromatic carbocycles. The van der Waals surface area contributed by atoms with E-state index in [1.807, 2.05) is 4.90 Å². The number of hydrogen-bond donors (Lipinski definition) is 0. The summed E-state index contributed by atoms with van der Waals surface area (Å²) in [6.07, 6.45) is 1.76. The van der Waals surface area contributed by atoms with E-state index >= 15 is 0 Å². The number of carbonyl (C=O) groups is 1. The van der Waals surface area contributed by atoms with Crippen molar-refractivity contribution in [3.05, 3.63) is 29.8 Å². The monoisotopic (exact) mass is 272 g/mol. The van der Waals surface area contributed by atoms with Crippen molar-refractivity contribution in [2.45, 2.75) is 32.8 Å². The third kappa shape index (κ3) is 3.51. The number of likely N-dealkylation sites (tertiary alicyclic amines) is 1. The zero-order valence-electron chi connectivity index (χ0n) is 12.0. The SMILES string of the molecule is C[C@H]1CCCN(C(=O)[C@@H](C)Oc2ccc(C#N)cc2)C1. The molecular formula is C16H20N2O2. The highest BCUT2D eigenvalue weighted by molar-refractivity contribution is 5.81. The van der Waals surface area contributed by atoms with Gasteiger partial charge in [-0.1, -0.05) is 6.92 Å². The zero-order valence-corrected chi connectivity index (χ0v) is 12.0. The second kappa shape index (κ2) is 6.42.